The Balaban J connectivity index is 2.62. The molecule has 1 rings (SSSR count). The van der Waals surface area contributed by atoms with Crippen LogP contribution in [0.5, 0.6) is 0 Å². The van der Waals surface area contributed by atoms with E-state index in [1.807, 2.05) is 6.07 Å². The SMILES string of the molecule is CCCC(CCl)Cc1ccccc1Br. The van der Waals surface area contributed by atoms with E-state index in [-0.39, 0.29) is 0 Å². The van der Waals surface area contributed by atoms with Gasteiger partial charge in [-0.05, 0) is 30.4 Å². The Hall–Kier alpha value is -0.0100. The van der Waals surface area contributed by atoms with E-state index in [0.717, 1.165) is 12.3 Å². The summed E-state index contributed by atoms with van der Waals surface area (Å²) < 4.78 is 1.20. The monoisotopic (exact) mass is 274 g/mol. The molecule has 1 aromatic rings. The van der Waals surface area contributed by atoms with Crippen molar-refractivity contribution in [3.63, 3.8) is 0 Å². The number of benzene rings is 1. The quantitative estimate of drug-likeness (QED) is 0.686. The van der Waals surface area contributed by atoms with E-state index in [1.54, 1.807) is 0 Å². The maximum absolute atomic E-state index is 5.93. The molecule has 0 saturated heterocycles. The third-order valence-corrected chi connectivity index (χ3v) is 3.59. The molecule has 0 aromatic heterocycles. The van der Waals surface area contributed by atoms with Gasteiger partial charge in [0.15, 0.2) is 0 Å². The summed E-state index contributed by atoms with van der Waals surface area (Å²) in [7, 11) is 0. The van der Waals surface area contributed by atoms with Crippen molar-refractivity contribution in [3.05, 3.63) is 34.3 Å². The number of hydrogen-bond donors (Lipinski definition) is 0. The zero-order valence-corrected chi connectivity index (χ0v) is 10.8. The lowest BCUT2D eigenvalue weighted by atomic mass is 9.97. The molecule has 1 aromatic carbocycles. The number of halogens is 2. The highest BCUT2D eigenvalue weighted by molar-refractivity contribution is 9.10. The van der Waals surface area contributed by atoms with Crippen molar-refractivity contribution in [2.24, 2.45) is 5.92 Å². The number of alkyl halides is 1. The Morgan fingerprint density at radius 2 is 2.07 bits per heavy atom. The van der Waals surface area contributed by atoms with E-state index in [1.165, 1.54) is 22.9 Å². The first-order chi connectivity index (χ1) is 6.77. The van der Waals surface area contributed by atoms with Gasteiger partial charge >= 0.3 is 0 Å². The molecule has 0 aliphatic heterocycles. The van der Waals surface area contributed by atoms with E-state index < -0.39 is 0 Å². The molecule has 0 bridgehead atoms. The van der Waals surface area contributed by atoms with Gasteiger partial charge in [0.25, 0.3) is 0 Å². The molecule has 0 spiro atoms. The summed E-state index contributed by atoms with van der Waals surface area (Å²) in [5.41, 5.74) is 1.37. The van der Waals surface area contributed by atoms with Gasteiger partial charge in [-0.3, -0.25) is 0 Å². The molecule has 0 saturated carbocycles. The van der Waals surface area contributed by atoms with E-state index in [4.69, 9.17) is 11.6 Å². The van der Waals surface area contributed by atoms with Gasteiger partial charge in [-0.25, -0.2) is 0 Å². The van der Waals surface area contributed by atoms with Crippen molar-refractivity contribution in [2.75, 3.05) is 5.88 Å². The molecule has 0 aliphatic rings. The van der Waals surface area contributed by atoms with Gasteiger partial charge in [0.1, 0.15) is 0 Å². The third-order valence-electron chi connectivity index (χ3n) is 2.38. The molecule has 0 aliphatic carbocycles. The average Bonchev–Trinajstić information content (AvgIpc) is 2.20. The van der Waals surface area contributed by atoms with Gasteiger partial charge < -0.3 is 0 Å². The van der Waals surface area contributed by atoms with E-state index in [9.17, 15) is 0 Å². The van der Waals surface area contributed by atoms with Gasteiger partial charge in [0.2, 0.25) is 0 Å². The van der Waals surface area contributed by atoms with Crippen LogP contribution in [0.3, 0.4) is 0 Å². The van der Waals surface area contributed by atoms with Crippen LogP contribution in [0, 0.1) is 5.92 Å². The lowest BCUT2D eigenvalue weighted by Gasteiger charge is -2.13. The van der Waals surface area contributed by atoms with E-state index in [2.05, 4.69) is 41.1 Å². The molecule has 2 heteroatoms. The summed E-state index contributed by atoms with van der Waals surface area (Å²) in [4.78, 5) is 0. The molecule has 0 radical (unpaired) electrons. The Morgan fingerprint density at radius 1 is 1.36 bits per heavy atom. The van der Waals surface area contributed by atoms with Crippen LogP contribution in [0.1, 0.15) is 25.3 Å². The largest absolute Gasteiger partial charge is 0.126 e. The highest BCUT2D eigenvalue weighted by atomic mass is 79.9. The molecule has 1 unspecified atom stereocenters. The van der Waals surface area contributed by atoms with Gasteiger partial charge in [-0.15, -0.1) is 11.6 Å². The normalized spacial score (nSPS) is 12.8. The third kappa shape index (κ3) is 3.62. The summed E-state index contributed by atoms with van der Waals surface area (Å²) in [6.45, 7) is 2.21. The minimum Gasteiger partial charge on any atom is -0.126 e. The van der Waals surface area contributed by atoms with Crippen molar-refractivity contribution < 1.29 is 0 Å². The Kier molecular flexibility index (Phi) is 5.57. The van der Waals surface area contributed by atoms with Crippen LogP contribution in [-0.4, -0.2) is 5.88 Å². The zero-order valence-electron chi connectivity index (χ0n) is 8.47. The van der Waals surface area contributed by atoms with Crippen LogP contribution in [0.25, 0.3) is 0 Å². The fourth-order valence-corrected chi connectivity index (χ4v) is 2.33. The van der Waals surface area contributed by atoms with Crippen molar-refractivity contribution in [1.82, 2.24) is 0 Å². The van der Waals surface area contributed by atoms with Crippen LogP contribution < -0.4 is 0 Å². The topological polar surface area (TPSA) is 0 Å². The molecule has 78 valence electrons. The first-order valence-electron chi connectivity index (χ1n) is 5.07. The van der Waals surface area contributed by atoms with Gasteiger partial charge in [0, 0.05) is 10.4 Å². The van der Waals surface area contributed by atoms with Crippen molar-refractivity contribution in [3.8, 4) is 0 Å². The fourth-order valence-electron chi connectivity index (χ4n) is 1.62. The van der Waals surface area contributed by atoms with Gasteiger partial charge in [0.05, 0.1) is 0 Å². The van der Waals surface area contributed by atoms with Crippen LogP contribution in [0.4, 0.5) is 0 Å². The molecule has 1 atom stereocenters. The Labute approximate surface area is 99.8 Å². The Bertz CT molecular complexity index is 273. The maximum atomic E-state index is 5.93. The minimum atomic E-state index is 0.611. The van der Waals surface area contributed by atoms with Crippen LogP contribution >= 0.6 is 27.5 Å². The first-order valence-corrected chi connectivity index (χ1v) is 6.40. The maximum Gasteiger partial charge on any atom is 0.0254 e. The van der Waals surface area contributed by atoms with Gasteiger partial charge in [-0.1, -0.05) is 47.5 Å². The summed E-state index contributed by atoms with van der Waals surface area (Å²) in [6.07, 6.45) is 3.51. The number of hydrogen-bond acceptors (Lipinski definition) is 0. The van der Waals surface area contributed by atoms with Crippen LogP contribution in [0.15, 0.2) is 28.7 Å². The second-order valence-corrected chi connectivity index (χ2v) is 4.77. The minimum absolute atomic E-state index is 0.611. The molecule has 0 fully saturated rings. The van der Waals surface area contributed by atoms with Crippen molar-refractivity contribution in [1.29, 1.82) is 0 Å². The Morgan fingerprint density at radius 3 is 2.64 bits per heavy atom. The molecular weight excluding hydrogens is 259 g/mol. The van der Waals surface area contributed by atoms with Crippen molar-refractivity contribution >= 4 is 27.5 Å². The lowest BCUT2D eigenvalue weighted by molar-refractivity contribution is 0.527. The summed E-state index contributed by atoms with van der Waals surface area (Å²) >= 11 is 9.50. The molecule has 0 heterocycles. The second-order valence-electron chi connectivity index (χ2n) is 3.60. The highest BCUT2D eigenvalue weighted by Gasteiger charge is 2.08. The number of rotatable bonds is 5. The first kappa shape index (κ1) is 12.1. The predicted octanol–water partition coefficient (Wildman–Crippen LogP) is 4.65. The summed E-state index contributed by atoms with van der Waals surface area (Å²) in [6, 6.07) is 8.38. The van der Waals surface area contributed by atoms with E-state index in [0.29, 0.717) is 5.92 Å². The molecular formula is C12H16BrCl. The summed E-state index contributed by atoms with van der Waals surface area (Å²) in [5.74, 6) is 1.37. The zero-order chi connectivity index (χ0) is 10.4. The average molecular weight is 276 g/mol. The molecule has 0 amide bonds. The fraction of sp³-hybridized carbons (Fsp3) is 0.500. The lowest BCUT2D eigenvalue weighted by Crippen LogP contribution is -2.06. The van der Waals surface area contributed by atoms with E-state index >= 15 is 0 Å². The van der Waals surface area contributed by atoms with Crippen LogP contribution in [0.2, 0.25) is 0 Å². The second kappa shape index (κ2) is 6.47. The molecule has 0 nitrogen and oxygen atoms in total. The highest BCUT2D eigenvalue weighted by Crippen LogP contribution is 2.22. The molecule has 0 N–H and O–H groups in total. The van der Waals surface area contributed by atoms with Crippen LogP contribution in [-0.2, 0) is 6.42 Å². The van der Waals surface area contributed by atoms with Crippen molar-refractivity contribution in [2.45, 2.75) is 26.2 Å². The predicted molar refractivity (Wildman–Crippen MR) is 67.0 cm³/mol. The standard InChI is InChI=1S/C12H16BrCl/c1-2-5-10(9-14)8-11-6-3-4-7-12(11)13/h3-4,6-7,10H,2,5,8-9H2,1H3. The molecule has 14 heavy (non-hydrogen) atoms. The summed E-state index contributed by atoms with van der Waals surface area (Å²) in [5, 5.41) is 0. The van der Waals surface area contributed by atoms with Gasteiger partial charge in [-0.2, -0.15) is 0 Å². The smallest absolute Gasteiger partial charge is 0.0254 e.